The molecule has 1 aromatic rings. The van der Waals surface area contributed by atoms with Crippen LogP contribution in [0.5, 0.6) is 5.75 Å². The largest absolute Gasteiger partial charge is 0.489 e. The Kier molecular flexibility index (Phi) is 3.71. The molecule has 0 atom stereocenters. The van der Waals surface area contributed by atoms with Gasteiger partial charge in [-0.05, 0) is 32.5 Å². The molecule has 0 aromatic carbocycles. The Balaban J connectivity index is 2.59. The van der Waals surface area contributed by atoms with Gasteiger partial charge >= 0.3 is 0 Å². The van der Waals surface area contributed by atoms with Gasteiger partial charge in [0.15, 0.2) is 0 Å². The van der Waals surface area contributed by atoms with Crippen molar-refractivity contribution < 1.29 is 4.74 Å². The molecule has 3 nitrogen and oxygen atoms in total. The quantitative estimate of drug-likeness (QED) is 0.761. The molecule has 3 heteroatoms. The molecule has 0 aliphatic heterocycles. The van der Waals surface area contributed by atoms with Crippen LogP contribution in [0.2, 0.25) is 0 Å². The Morgan fingerprint density at radius 2 is 2.23 bits per heavy atom. The molecule has 72 valence electrons. The number of aromatic nitrogens is 1. The lowest BCUT2D eigenvalue weighted by molar-refractivity contribution is 0.241. The van der Waals surface area contributed by atoms with Gasteiger partial charge < -0.3 is 10.5 Å². The van der Waals surface area contributed by atoms with Crippen LogP contribution in [0.3, 0.4) is 0 Å². The van der Waals surface area contributed by atoms with E-state index in [4.69, 9.17) is 10.5 Å². The predicted molar refractivity (Wildman–Crippen MR) is 52.8 cm³/mol. The van der Waals surface area contributed by atoms with Crippen LogP contribution in [-0.4, -0.2) is 17.6 Å². The summed E-state index contributed by atoms with van der Waals surface area (Å²) in [5.74, 6) is 0.816. The van der Waals surface area contributed by atoms with Gasteiger partial charge in [-0.25, -0.2) is 0 Å². The number of pyridine rings is 1. The Labute approximate surface area is 78.9 Å². The maximum Gasteiger partial charge on any atom is 0.137 e. The average molecular weight is 180 g/mol. The third-order valence-corrected chi connectivity index (χ3v) is 1.57. The van der Waals surface area contributed by atoms with Crippen molar-refractivity contribution in [1.29, 1.82) is 0 Å². The van der Waals surface area contributed by atoms with Crippen molar-refractivity contribution in [2.24, 2.45) is 5.73 Å². The molecular weight excluding hydrogens is 164 g/mol. The first-order valence-electron chi connectivity index (χ1n) is 4.54. The van der Waals surface area contributed by atoms with Crippen LogP contribution in [0.15, 0.2) is 18.3 Å². The summed E-state index contributed by atoms with van der Waals surface area (Å²) in [6, 6.07) is 3.88. The van der Waals surface area contributed by atoms with Gasteiger partial charge in [-0.2, -0.15) is 0 Å². The third kappa shape index (κ3) is 3.42. The molecule has 0 spiro atoms. The van der Waals surface area contributed by atoms with Crippen molar-refractivity contribution in [1.82, 2.24) is 4.98 Å². The van der Waals surface area contributed by atoms with Gasteiger partial charge in [0.25, 0.3) is 0 Å². The van der Waals surface area contributed by atoms with E-state index >= 15 is 0 Å². The zero-order valence-electron chi connectivity index (χ0n) is 8.16. The van der Waals surface area contributed by atoms with Gasteiger partial charge in [0.2, 0.25) is 0 Å². The molecule has 0 bridgehead atoms. The van der Waals surface area contributed by atoms with Crippen molar-refractivity contribution in [2.75, 3.05) is 6.54 Å². The number of rotatable bonds is 4. The zero-order valence-corrected chi connectivity index (χ0v) is 8.16. The molecule has 0 aliphatic rings. The molecule has 1 aromatic heterocycles. The number of hydrogen-bond donors (Lipinski definition) is 1. The summed E-state index contributed by atoms with van der Waals surface area (Å²) in [5.41, 5.74) is 6.42. The van der Waals surface area contributed by atoms with Gasteiger partial charge in [0.1, 0.15) is 5.75 Å². The van der Waals surface area contributed by atoms with E-state index in [1.54, 1.807) is 6.20 Å². The minimum Gasteiger partial charge on any atom is -0.489 e. The average Bonchev–Trinajstić information content (AvgIpc) is 2.08. The maximum atomic E-state index is 5.45. The van der Waals surface area contributed by atoms with Crippen LogP contribution >= 0.6 is 0 Å². The fourth-order valence-corrected chi connectivity index (χ4v) is 1.05. The van der Waals surface area contributed by atoms with Crippen LogP contribution in [0, 0.1) is 0 Å². The molecule has 1 rings (SSSR count). The molecule has 0 saturated heterocycles. The molecule has 0 fully saturated rings. The molecule has 1 heterocycles. The predicted octanol–water partition coefficient (Wildman–Crippen LogP) is 1.37. The van der Waals surface area contributed by atoms with Gasteiger partial charge in [-0.3, -0.25) is 4.98 Å². The standard InChI is InChI=1S/C10H16N2O/c1-8(2)13-10-4-3-9(5-6-11)12-7-10/h3-4,7-8H,5-6,11H2,1-2H3. The summed E-state index contributed by atoms with van der Waals surface area (Å²) < 4.78 is 5.45. The first-order valence-corrected chi connectivity index (χ1v) is 4.54. The van der Waals surface area contributed by atoms with E-state index in [9.17, 15) is 0 Å². The van der Waals surface area contributed by atoms with E-state index in [-0.39, 0.29) is 6.10 Å². The summed E-state index contributed by atoms with van der Waals surface area (Å²) in [5, 5.41) is 0. The molecule has 0 unspecified atom stereocenters. The normalized spacial score (nSPS) is 10.5. The highest BCUT2D eigenvalue weighted by Crippen LogP contribution is 2.10. The van der Waals surface area contributed by atoms with E-state index < -0.39 is 0 Å². The van der Waals surface area contributed by atoms with Crippen molar-refractivity contribution in [3.05, 3.63) is 24.0 Å². The summed E-state index contributed by atoms with van der Waals surface area (Å²) >= 11 is 0. The van der Waals surface area contributed by atoms with Crippen molar-refractivity contribution in [2.45, 2.75) is 26.4 Å². The van der Waals surface area contributed by atoms with E-state index in [0.29, 0.717) is 6.54 Å². The van der Waals surface area contributed by atoms with Crippen LogP contribution in [0.25, 0.3) is 0 Å². The summed E-state index contributed by atoms with van der Waals surface area (Å²) in [6.45, 7) is 4.62. The van der Waals surface area contributed by atoms with E-state index in [0.717, 1.165) is 17.9 Å². The topological polar surface area (TPSA) is 48.1 Å². The second-order valence-corrected chi connectivity index (χ2v) is 3.19. The smallest absolute Gasteiger partial charge is 0.137 e. The Bertz CT molecular complexity index is 244. The summed E-state index contributed by atoms with van der Waals surface area (Å²) in [6.07, 6.45) is 2.76. The van der Waals surface area contributed by atoms with E-state index in [2.05, 4.69) is 4.98 Å². The van der Waals surface area contributed by atoms with Crippen LogP contribution in [-0.2, 0) is 6.42 Å². The minimum atomic E-state index is 0.196. The molecule has 13 heavy (non-hydrogen) atoms. The second kappa shape index (κ2) is 4.82. The van der Waals surface area contributed by atoms with Gasteiger partial charge in [0.05, 0.1) is 12.3 Å². The lowest BCUT2D eigenvalue weighted by Gasteiger charge is -2.08. The van der Waals surface area contributed by atoms with Gasteiger partial charge in [0, 0.05) is 12.1 Å². The monoisotopic (exact) mass is 180 g/mol. The Morgan fingerprint density at radius 3 is 2.69 bits per heavy atom. The first-order chi connectivity index (χ1) is 6.22. The van der Waals surface area contributed by atoms with Crippen molar-refractivity contribution in [3.8, 4) is 5.75 Å². The molecule has 0 aliphatic carbocycles. The number of hydrogen-bond acceptors (Lipinski definition) is 3. The van der Waals surface area contributed by atoms with Gasteiger partial charge in [-0.1, -0.05) is 0 Å². The molecule has 2 N–H and O–H groups in total. The van der Waals surface area contributed by atoms with Crippen LogP contribution in [0.4, 0.5) is 0 Å². The van der Waals surface area contributed by atoms with Crippen molar-refractivity contribution in [3.63, 3.8) is 0 Å². The fourth-order valence-electron chi connectivity index (χ4n) is 1.05. The minimum absolute atomic E-state index is 0.196. The molecule has 0 radical (unpaired) electrons. The van der Waals surface area contributed by atoms with Crippen molar-refractivity contribution >= 4 is 0 Å². The summed E-state index contributed by atoms with van der Waals surface area (Å²) in [4.78, 5) is 4.22. The number of nitrogens with zero attached hydrogens (tertiary/aromatic N) is 1. The lowest BCUT2D eigenvalue weighted by Crippen LogP contribution is -2.07. The number of nitrogens with two attached hydrogens (primary N) is 1. The first kappa shape index (κ1) is 9.99. The van der Waals surface area contributed by atoms with Crippen LogP contribution < -0.4 is 10.5 Å². The molecule has 0 amide bonds. The Hall–Kier alpha value is -1.09. The highest BCUT2D eigenvalue weighted by atomic mass is 16.5. The zero-order chi connectivity index (χ0) is 9.68. The molecular formula is C10H16N2O. The van der Waals surface area contributed by atoms with E-state index in [1.807, 2.05) is 26.0 Å². The van der Waals surface area contributed by atoms with Gasteiger partial charge in [-0.15, -0.1) is 0 Å². The van der Waals surface area contributed by atoms with Crippen LogP contribution in [0.1, 0.15) is 19.5 Å². The second-order valence-electron chi connectivity index (χ2n) is 3.19. The highest BCUT2D eigenvalue weighted by molar-refractivity contribution is 5.20. The third-order valence-electron chi connectivity index (χ3n) is 1.57. The Morgan fingerprint density at radius 1 is 1.46 bits per heavy atom. The fraction of sp³-hybridized carbons (Fsp3) is 0.500. The summed E-state index contributed by atoms with van der Waals surface area (Å²) in [7, 11) is 0. The lowest BCUT2D eigenvalue weighted by atomic mass is 10.3. The SMILES string of the molecule is CC(C)Oc1ccc(CCN)nc1. The highest BCUT2D eigenvalue weighted by Gasteiger charge is 1.98. The van der Waals surface area contributed by atoms with E-state index in [1.165, 1.54) is 0 Å². The molecule has 0 saturated carbocycles. The number of ether oxygens (including phenoxy) is 1. The maximum absolute atomic E-state index is 5.45.